The van der Waals surface area contributed by atoms with Crippen LogP contribution in [0.3, 0.4) is 0 Å². The molecule has 0 radical (unpaired) electrons. The number of aromatic carboxylic acids is 1. The number of hydrogen-bond acceptors (Lipinski definition) is 1. The summed E-state index contributed by atoms with van der Waals surface area (Å²) in [7, 11) is 0. The van der Waals surface area contributed by atoms with Gasteiger partial charge in [0, 0.05) is 11.6 Å². The van der Waals surface area contributed by atoms with Crippen LogP contribution in [0.2, 0.25) is 0 Å². The van der Waals surface area contributed by atoms with E-state index in [0.29, 0.717) is 11.1 Å². The molecule has 0 fully saturated rings. The summed E-state index contributed by atoms with van der Waals surface area (Å²) in [6, 6.07) is 7.73. The van der Waals surface area contributed by atoms with Crippen LogP contribution in [-0.2, 0) is 0 Å². The Balaban J connectivity index is 2.60. The third kappa shape index (κ3) is 2.37. The number of halogens is 2. The van der Waals surface area contributed by atoms with Gasteiger partial charge in [-0.05, 0) is 42.3 Å². The first-order valence-electron chi connectivity index (χ1n) is 5.28. The summed E-state index contributed by atoms with van der Waals surface area (Å²) in [6.45, 7) is 1.72. The highest BCUT2D eigenvalue weighted by Crippen LogP contribution is 2.25. The van der Waals surface area contributed by atoms with E-state index in [1.54, 1.807) is 13.0 Å². The molecule has 0 heterocycles. The Bertz CT molecular complexity index is 621. The number of benzene rings is 2. The van der Waals surface area contributed by atoms with Gasteiger partial charge in [-0.3, -0.25) is 0 Å². The first-order valence-corrected chi connectivity index (χ1v) is 5.28. The monoisotopic (exact) mass is 248 g/mol. The highest BCUT2D eigenvalue weighted by molar-refractivity contribution is 5.89. The van der Waals surface area contributed by atoms with Gasteiger partial charge in [-0.25, -0.2) is 13.6 Å². The maximum Gasteiger partial charge on any atom is 0.335 e. The highest BCUT2D eigenvalue weighted by atomic mass is 19.1. The Labute approximate surface area is 103 Å². The SMILES string of the molecule is Cc1cc(C(=O)O)cc(-c2ccc(F)cc2F)c1. The topological polar surface area (TPSA) is 37.3 Å². The lowest BCUT2D eigenvalue weighted by molar-refractivity contribution is 0.0697. The highest BCUT2D eigenvalue weighted by Gasteiger charge is 2.10. The summed E-state index contributed by atoms with van der Waals surface area (Å²) >= 11 is 0. The first kappa shape index (κ1) is 12.2. The van der Waals surface area contributed by atoms with Crippen molar-refractivity contribution in [2.75, 3.05) is 0 Å². The molecule has 0 aliphatic rings. The van der Waals surface area contributed by atoms with Crippen molar-refractivity contribution in [1.29, 1.82) is 0 Å². The zero-order chi connectivity index (χ0) is 13.3. The number of aryl methyl sites for hydroxylation is 1. The molecule has 4 heteroatoms. The first-order chi connectivity index (χ1) is 8.47. The molecule has 2 nitrogen and oxygen atoms in total. The van der Waals surface area contributed by atoms with Gasteiger partial charge in [0.05, 0.1) is 5.56 Å². The van der Waals surface area contributed by atoms with Crippen LogP contribution in [0.1, 0.15) is 15.9 Å². The van der Waals surface area contributed by atoms with Gasteiger partial charge in [-0.1, -0.05) is 6.07 Å². The molecular formula is C14H10F2O2. The van der Waals surface area contributed by atoms with Crippen LogP contribution in [0.5, 0.6) is 0 Å². The lowest BCUT2D eigenvalue weighted by atomic mass is 10.00. The zero-order valence-corrected chi connectivity index (χ0v) is 9.58. The second-order valence-corrected chi connectivity index (χ2v) is 4.02. The van der Waals surface area contributed by atoms with E-state index in [-0.39, 0.29) is 11.1 Å². The molecule has 0 atom stereocenters. The minimum atomic E-state index is -1.08. The van der Waals surface area contributed by atoms with E-state index < -0.39 is 17.6 Å². The van der Waals surface area contributed by atoms with Gasteiger partial charge in [0.1, 0.15) is 11.6 Å². The Hall–Kier alpha value is -2.23. The maximum absolute atomic E-state index is 13.6. The largest absolute Gasteiger partial charge is 0.478 e. The summed E-state index contributed by atoms with van der Waals surface area (Å²) < 4.78 is 26.4. The number of rotatable bonds is 2. The van der Waals surface area contributed by atoms with Crippen molar-refractivity contribution in [2.45, 2.75) is 6.92 Å². The van der Waals surface area contributed by atoms with E-state index in [1.165, 1.54) is 18.2 Å². The second kappa shape index (κ2) is 4.56. The van der Waals surface area contributed by atoms with Crippen LogP contribution >= 0.6 is 0 Å². The van der Waals surface area contributed by atoms with Crippen molar-refractivity contribution in [3.05, 3.63) is 59.2 Å². The molecule has 2 rings (SSSR count). The Morgan fingerprint density at radius 3 is 2.44 bits per heavy atom. The van der Waals surface area contributed by atoms with Crippen molar-refractivity contribution < 1.29 is 18.7 Å². The lowest BCUT2D eigenvalue weighted by Gasteiger charge is -2.06. The molecule has 2 aromatic carbocycles. The standard InChI is InChI=1S/C14H10F2O2/c1-8-4-9(6-10(5-8)14(17)18)12-3-2-11(15)7-13(12)16/h2-7H,1H3,(H,17,18). The number of hydrogen-bond donors (Lipinski definition) is 1. The van der Waals surface area contributed by atoms with Crippen molar-refractivity contribution in [2.24, 2.45) is 0 Å². The number of carbonyl (C=O) groups is 1. The van der Waals surface area contributed by atoms with Crippen LogP contribution in [0.4, 0.5) is 8.78 Å². The third-order valence-corrected chi connectivity index (χ3v) is 2.57. The second-order valence-electron chi connectivity index (χ2n) is 4.02. The molecule has 0 amide bonds. The van der Waals surface area contributed by atoms with Gasteiger partial charge in [0.2, 0.25) is 0 Å². The Kier molecular flexibility index (Phi) is 3.10. The van der Waals surface area contributed by atoms with Gasteiger partial charge >= 0.3 is 5.97 Å². The summed E-state index contributed by atoms with van der Waals surface area (Å²) in [5, 5.41) is 8.94. The zero-order valence-electron chi connectivity index (χ0n) is 9.58. The van der Waals surface area contributed by atoms with Crippen molar-refractivity contribution >= 4 is 5.97 Å². The van der Waals surface area contributed by atoms with Crippen molar-refractivity contribution in [1.82, 2.24) is 0 Å². The quantitative estimate of drug-likeness (QED) is 0.880. The minimum Gasteiger partial charge on any atom is -0.478 e. The third-order valence-electron chi connectivity index (χ3n) is 2.57. The molecule has 0 aliphatic heterocycles. The lowest BCUT2D eigenvalue weighted by Crippen LogP contribution is -1.98. The summed E-state index contributed by atoms with van der Waals surface area (Å²) in [4.78, 5) is 10.9. The number of carboxylic acid groups (broad SMARTS) is 1. The molecule has 0 aromatic heterocycles. The van der Waals surface area contributed by atoms with Crippen LogP contribution in [0, 0.1) is 18.6 Å². The predicted molar refractivity (Wildman–Crippen MR) is 63.5 cm³/mol. The van der Waals surface area contributed by atoms with Crippen LogP contribution in [0.25, 0.3) is 11.1 Å². The molecule has 0 spiro atoms. The predicted octanol–water partition coefficient (Wildman–Crippen LogP) is 3.64. The smallest absolute Gasteiger partial charge is 0.335 e. The summed E-state index contributed by atoms with van der Waals surface area (Å²) in [5.41, 5.74) is 1.38. The van der Waals surface area contributed by atoms with E-state index in [0.717, 1.165) is 12.1 Å². The Morgan fingerprint density at radius 1 is 1.11 bits per heavy atom. The molecule has 2 aromatic rings. The maximum atomic E-state index is 13.6. The van der Waals surface area contributed by atoms with E-state index in [9.17, 15) is 13.6 Å². The fourth-order valence-corrected chi connectivity index (χ4v) is 1.79. The van der Waals surface area contributed by atoms with E-state index in [2.05, 4.69) is 0 Å². The minimum absolute atomic E-state index is 0.0775. The van der Waals surface area contributed by atoms with Gasteiger partial charge in [0.15, 0.2) is 0 Å². The van der Waals surface area contributed by atoms with Gasteiger partial charge in [-0.15, -0.1) is 0 Å². The van der Waals surface area contributed by atoms with Gasteiger partial charge in [0.25, 0.3) is 0 Å². The van der Waals surface area contributed by atoms with E-state index >= 15 is 0 Å². The van der Waals surface area contributed by atoms with Crippen molar-refractivity contribution in [3.8, 4) is 11.1 Å². The molecule has 0 saturated heterocycles. The average Bonchev–Trinajstić information content (AvgIpc) is 2.27. The van der Waals surface area contributed by atoms with Crippen molar-refractivity contribution in [3.63, 3.8) is 0 Å². The van der Waals surface area contributed by atoms with Gasteiger partial charge in [-0.2, -0.15) is 0 Å². The fourth-order valence-electron chi connectivity index (χ4n) is 1.79. The summed E-state index contributed by atoms with van der Waals surface area (Å²) in [6.07, 6.45) is 0. The Morgan fingerprint density at radius 2 is 1.83 bits per heavy atom. The van der Waals surface area contributed by atoms with E-state index in [4.69, 9.17) is 5.11 Å². The summed E-state index contributed by atoms with van der Waals surface area (Å²) in [5.74, 6) is -2.46. The van der Waals surface area contributed by atoms with Crippen LogP contribution < -0.4 is 0 Å². The molecule has 0 bridgehead atoms. The fraction of sp³-hybridized carbons (Fsp3) is 0.0714. The molecule has 1 N–H and O–H groups in total. The van der Waals surface area contributed by atoms with Gasteiger partial charge < -0.3 is 5.11 Å². The van der Waals surface area contributed by atoms with Crippen LogP contribution in [0.15, 0.2) is 36.4 Å². The molecule has 0 aliphatic carbocycles. The molecule has 18 heavy (non-hydrogen) atoms. The molecular weight excluding hydrogens is 238 g/mol. The van der Waals surface area contributed by atoms with Crippen LogP contribution in [-0.4, -0.2) is 11.1 Å². The normalized spacial score (nSPS) is 10.4. The average molecular weight is 248 g/mol. The molecule has 0 unspecified atom stereocenters. The molecule has 0 saturated carbocycles. The number of carboxylic acids is 1. The molecule has 92 valence electrons. The van der Waals surface area contributed by atoms with E-state index in [1.807, 2.05) is 0 Å².